The smallest absolute Gasteiger partial charge is 0.235 e. The molecule has 2 aliphatic rings. The summed E-state index contributed by atoms with van der Waals surface area (Å²) in [7, 11) is 0. The van der Waals surface area contributed by atoms with Gasteiger partial charge in [0, 0.05) is 6.04 Å². The van der Waals surface area contributed by atoms with E-state index in [0.29, 0.717) is 5.92 Å². The Hall–Kier alpha value is -2.04. The van der Waals surface area contributed by atoms with Crippen LogP contribution in [-0.4, -0.2) is 23.0 Å². The van der Waals surface area contributed by atoms with Gasteiger partial charge in [-0.25, -0.2) is 0 Å². The first-order valence-corrected chi connectivity index (χ1v) is 7.51. The molecule has 0 spiro atoms. The molecule has 5 nitrogen and oxygen atoms in total. The molecule has 3 rings (SSSR count). The summed E-state index contributed by atoms with van der Waals surface area (Å²) in [5.41, 5.74) is 6.48. The van der Waals surface area contributed by atoms with Crippen LogP contribution in [0.1, 0.15) is 37.2 Å². The van der Waals surface area contributed by atoms with Crippen molar-refractivity contribution in [3.63, 3.8) is 0 Å². The first kappa shape index (κ1) is 13.9. The van der Waals surface area contributed by atoms with Crippen LogP contribution in [0.2, 0.25) is 0 Å². The number of carbonyl (C=O) groups excluding carboxylic acids is 1. The predicted octanol–water partition coefficient (Wildman–Crippen LogP) is 1.82. The fourth-order valence-electron chi connectivity index (χ4n) is 3.85. The Kier molecular flexibility index (Phi) is 3.82. The van der Waals surface area contributed by atoms with E-state index in [-0.39, 0.29) is 17.8 Å². The van der Waals surface area contributed by atoms with Crippen molar-refractivity contribution < 1.29 is 10.0 Å². The number of fused-ring (bicyclic) bond motifs is 2. The minimum Gasteiger partial charge on any atom is -0.409 e. The van der Waals surface area contributed by atoms with Gasteiger partial charge >= 0.3 is 0 Å². The van der Waals surface area contributed by atoms with Gasteiger partial charge in [-0.1, -0.05) is 41.9 Å². The minimum absolute atomic E-state index is 0.0677. The van der Waals surface area contributed by atoms with Gasteiger partial charge in [-0.2, -0.15) is 0 Å². The monoisotopic (exact) mass is 287 g/mol. The molecule has 2 bridgehead atoms. The van der Waals surface area contributed by atoms with Crippen molar-refractivity contribution in [2.75, 3.05) is 0 Å². The van der Waals surface area contributed by atoms with Crippen LogP contribution in [0.3, 0.4) is 0 Å². The zero-order valence-corrected chi connectivity index (χ0v) is 11.9. The van der Waals surface area contributed by atoms with E-state index in [9.17, 15) is 4.79 Å². The van der Waals surface area contributed by atoms with E-state index < -0.39 is 5.92 Å². The highest BCUT2D eigenvalue weighted by Crippen LogP contribution is 2.44. The minimum atomic E-state index is -0.727. The van der Waals surface area contributed by atoms with Crippen LogP contribution in [0.5, 0.6) is 0 Å². The van der Waals surface area contributed by atoms with Crippen LogP contribution in [0.25, 0.3) is 0 Å². The van der Waals surface area contributed by atoms with Crippen LogP contribution in [0, 0.1) is 11.8 Å². The molecule has 4 N–H and O–H groups in total. The topological polar surface area (TPSA) is 87.7 Å². The average molecular weight is 287 g/mol. The standard InChI is InChI=1S/C16H21N3O2/c17-15(19-21)14(11-4-2-1-3-5-11)16(20)18-13-9-10-6-7-12(13)8-10/h1-5,10,12-14,21H,6-9H2,(H2,17,19)(H,18,20). The largest absolute Gasteiger partial charge is 0.409 e. The van der Waals surface area contributed by atoms with E-state index in [1.54, 1.807) is 0 Å². The van der Waals surface area contributed by atoms with Gasteiger partial charge in [0.05, 0.1) is 0 Å². The number of amidine groups is 1. The Morgan fingerprint density at radius 2 is 2.05 bits per heavy atom. The summed E-state index contributed by atoms with van der Waals surface area (Å²) in [5.74, 6) is 0.397. The van der Waals surface area contributed by atoms with Crippen LogP contribution >= 0.6 is 0 Å². The van der Waals surface area contributed by atoms with Gasteiger partial charge < -0.3 is 16.3 Å². The number of carbonyl (C=O) groups is 1. The molecule has 0 heterocycles. The first-order valence-electron chi connectivity index (χ1n) is 7.51. The highest BCUT2D eigenvalue weighted by Gasteiger charge is 2.41. The van der Waals surface area contributed by atoms with E-state index in [1.807, 2.05) is 30.3 Å². The van der Waals surface area contributed by atoms with Gasteiger partial charge in [-0.15, -0.1) is 0 Å². The number of nitrogens with two attached hydrogens (primary N) is 1. The molecule has 1 aromatic rings. The lowest BCUT2D eigenvalue weighted by Crippen LogP contribution is -2.44. The number of hydrogen-bond donors (Lipinski definition) is 3. The number of benzene rings is 1. The summed E-state index contributed by atoms with van der Waals surface area (Å²) in [4.78, 5) is 12.6. The molecule has 0 saturated heterocycles. The Morgan fingerprint density at radius 1 is 1.29 bits per heavy atom. The SMILES string of the molecule is NC(=NO)C(C(=O)NC1CC2CCC1C2)c1ccccc1. The van der Waals surface area contributed by atoms with Gasteiger partial charge in [-0.3, -0.25) is 4.79 Å². The molecular weight excluding hydrogens is 266 g/mol. The van der Waals surface area contributed by atoms with Crippen molar-refractivity contribution in [2.24, 2.45) is 22.7 Å². The van der Waals surface area contributed by atoms with Gasteiger partial charge in [0.15, 0.2) is 5.84 Å². The third-order valence-electron chi connectivity index (χ3n) is 4.87. The van der Waals surface area contributed by atoms with Crippen molar-refractivity contribution in [1.29, 1.82) is 0 Å². The van der Waals surface area contributed by atoms with E-state index in [2.05, 4.69) is 10.5 Å². The molecule has 2 fully saturated rings. The van der Waals surface area contributed by atoms with E-state index >= 15 is 0 Å². The quantitative estimate of drug-likeness (QED) is 0.341. The van der Waals surface area contributed by atoms with E-state index in [0.717, 1.165) is 17.9 Å². The summed E-state index contributed by atoms with van der Waals surface area (Å²) in [6.45, 7) is 0. The summed E-state index contributed by atoms with van der Waals surface area (Å²) >= 11 is 0. The second-order valence-electron chi connectivity index (χ2n) is 6.16. The third-order valence-corrected chi connectivity index (χ3v) is 4.87. The molecular formula is C16H21N3O2. The number of oxime groups is 1. The lowest BCUT2D eigenvalue weighted by atomic mass is 9.92. The number of amides is 1. The molecule has 1 amide bonds. The zero-order valence-electron chi connectivity index (χ0n) is 11.9. The molecule has 0 radical (unpaired) electrons. The van der Waals surface area contributed by atoms with Crippen molar-refractivity contribution in [3.8, 4) is 0 Å². The van der Waals surface area contributed by atoms with E-state index in [4.69, 9.17) is 10.9 Å². The lowest BCUT2D eigenvalue weighted by molar-refractivity contribution is -0.122. The van der Waals surface area contributed by atoms with Crippen LogP contribution in [-0.2, 0) is 4.79 Å². The molecule has 4 atom stereocenters. The molecule has 1 aromatic carbocycles. The maximum Gasteiger partial charge on any atom is 0.235 e. The summed E-state index contributed by atoms with van der Waals surface area (Å²) in [6, 6.07) is 9.46. The molecule has 4 unspecified atom stereocenters. The zero-order chi connectivity index (χ0) is 14.8. The third kappa shape index (κ3) is 2.73. The molecule has 0 aliphatic heterocycles. The number of rotatable bonds is 4. The normalized spacial score (nSPS) is 29.3. The summed E-state index contributed by atoms with van der Waals surface area (Å²) < 4.78 is 0. The fourth-order valence-corrected chi connectivity index (χ4v) is 3.85. The fraction of sp³-hybridized carbons (Fsp3) is 0.500. The lowest BCUT2D eigenvalue weighted by Gasteiger charge is -2.25. The Balaban J connectivity index is 1.75. The molecule has 5 heteroatoms. The Labute approximate surface area is 124 Å². The molecule has 2 aliphatic carbocycles. The van der Waals surface area contributed by atoms with Crippen LogP contribution in [0.4, 0.5) is 0 Å². The number of nitrogens with one attached hydrogen (secondary N) is 1. The van der Waals surface area contributed by atoms with Crippen LogP contribution in [0.15, 0.2) is 35.5 Å². The molecule has 21 heavy (non-hydrogen) atoms. The highest BCUT2D eigenvalue weighted by molar-refractivity contribution is 6.07. The maximum atomic E-state index is 12.6. The van der Waals surface area contributed by atoms with Gasteiger partial charge in [0.2, 0.25) is 5.91 Å². The summed E-state index contributed by atoms with van der Waals surface area (Å²) in [6.07, 6.45) is 4.78. The second-order valence-corrected chi connectivity index (χ2v) is 6.16. The van der Waals surface area contributed by atoms with Gasteiger partial charge in [0.1, 0.15) is 5.92 Å². The van der Waals surface area contributed by atoms with Crippen LogP contribution < -0.4 is 11.1 Å². The Morgan fingerprint density at radius 3 is 2.62 bits per heavy atom. The predicted molar refractivity (Wildman–Crippen MR) is 80.0 cm³/mol. The maximum absolute atomic E-state index is 12.6. The first-order chi connectivity index (χ1) is 10.2. The average Bonchev–Trinajstić information content (AvgIpc) is 3.11. The van der Waals surface area contributed by atoms with Crippen molar-refractivity contribution >= 4 is 11.7 Å². The van der Waals surface area contributed by atoms with Gasteiger partial charge in [0.25, 0.3) is 0 Å². The molecule has 112 valence electrons. The van der Waals surface area contributed by atoms with Gasteiger partial charge in [-0.05, 0) is 36.7 Å². The number of nitrogens with zero attached hydrogens (tertiary/aromatic N) is 1. The van der Waals surface area contributed by atoms with Crippen molar-refractivity contribution in [1.82, 2.24) is 5.32 Å². The second kappa shape index (κ2) is 5.76. The van der Waals surface area contributed by atoms with Crippen molar-refractivity contribution in [2.45, 2.75) is 37.6 Å². The number of hydrogen-bond acceptors (Lipinski definition) is 3. The Bertz CT molecular complexity index is 544. The van der Waals surface area contributed by atoms with Crippen molar-refractivity contribution in [3.05, 3.63) is 35.9 Å². The molecule has 2 saturated carbocycles. The summed E-state index contributed by atoms with van der Waals surface area (Å²) in [5, 5.41) is 15.1. The molecule has 0 aromatic heterocycles. The van der Waals surface area contributed by atoms with E-state index in [1.165, 1.54) is 19.3 Å². The highest BCUT2D eigenvalue weighted by atomic mass is 16.4.